The number of carbonyl (C=O) groups is 1. The van der Waals surface area contributed by atoms with Crippen molar-refractivity contribution in [3.05, 3.63) is 53.3 Å². The third-order valence-electron chi connectivity index (χ3n) is 3.79. The van der Waals surface area contributed by atoms with Crippen LogP contribution in [0.4, 0.5) is 10.5 Å². The van der Waals surface area contributed by atoms with Gasteiger partial charge < -0.3 is 20.3 Å². The predicted octanol–water partition coefficient (Wildman–Crippen LogP) is 2.89. The highest BCUT2D eigenvalue weighted by Crippen LogP contribution is 2.16. The second-order valence-electron chi connectivity index (χ2n) is 5.53. The molecule has 5 nitrogen and oxygen atoms in total. The molecule has 1 heterocycles. The van der Waals surface area contributed by atoms with Gasteiger partial charge in [-0.05, 0) is 55.7 Å². The monoisotopic (exact) mass is 301 g/mol. The number of aliphatic hydroxyl groups excluding tert-OH is 1. The Bertz CT molecular complexity index is 649. The first kappa shape index (κ1) is 16.1. The van der Waals surface area contributed by atoms with E-state index in [-0.39, 0.29) is 6.03 Å². The quantitative estimate of drug-likeness (QED) is 0.795. The maximum atomic E-state index is 11.8. The summed E-state index contributed by atoms with van der Waals surface area (Å²) in [5.41, 5.74) is 3.94. The molecule has 0 saturated carbocycles. The number of carbonyl (C=O) groups excluding carboxylic acids is 1. The van der Waals surface area contributed by atoms with Gasteiger partial charge in [-0.2, -0.15) is 0 Å². The minimum Gasteiger partial charge on any atom is -0.387 e. The Hall–Kier alpha value is -2.27. The Balaban J connectivity index is 1.78. The molecule has 0 aliphatic heterocycles. The minimum absolute atomic E-state index is 0.262. The van der Waals surface area contributed by atoms with Gasteiger partial charge in [0.25, 0.3) is 0 Å². The summed E-state index contributed by atoms with van der Waals surface area (Å²) in [6, 6.07) is 9.29. The second kappa shape index (κ2) is 7.13. The number of rotatable bonds is 5. The van der Waals surface area contributed by atoms with Crippen LogP contribution in [0, 0.1) is 13.8 Å². The summed E-state index contributed by atoms with van der Waals surface area (Å²) in [6.07, 6.45) is 1.78. The van der Waals surface area contributed by atoms with Crippen LogP contribution in [-0.2, 0) is 7.05 Å². The van der Waals surface area contributed by atoms with Gasteiger partial charge >= 0.3 is 6.03 Å². The van der Waals surface area contributed by atoms with Gasteiger partial charge in [0, 0.05) is 31.2 Å². The molecule has 2 rings (SSSR count). The molecule has 1 aromatic carbocycles. The van der Waals surface area contributed by atoms with Crippen molar-refractivity contribution < 1.29 is 9.90 Å². The van der Waals surface area contributed by atoms with Crippen molar-refractivity contribution in [1.29, 1.82) is 0 Å². The third-order valence-corrected chi connectivity index (χ3v) is 3.79. The zero-order chi connectivity index (χ0) is 16.1. The molecule has 2 aromatic rings. The number of amides is 2. The zero-order valence-corrected chi connectivity index (χ0v) is 13.3. The maximum Gasteiger partial charge on any atom is 0.319 e. The maximum absolute atomic E-state index is 11.8. The number of nitrogens with one attached hydrogen (secondary N) is 2. The molecule has 1 atom stereocenters. The lowest BCUT2D eigenvalue weighted by molar-refractivity contribution is 0.159. The Kier molecular flexibility index (Phi) is 5.22. The van der Waals surface area contributed by atoms with E-state index >= 15 is 0 Å². The standard InChI is InChI=1S/C17H23N3O2/c1-12-6-7-14(11-13(12)2)19-17(22)18-9-8-16(21)15-5-4-10-20(15)3/h4-7,10-11,16,21H,8-9H2,1-3H3,(H2,18,19,22). The first-order valence-corrected chi connectivity index (χ1v) is 7.39. The normalized spacial score (nSPS) is 12.0. The van der Waals surface area contributed by atoms with E-state index < -0.39 is 6.10 Å². The number of anilines is 1. The summed E-state index contributed by atoms with van der Waals surface area (Å²) in [5.74, 6) is 0. The van der Waals surface area contributed by atoms with Crippen LogP contribution < -0.4 is 10.6 Å². The largest absolute Gasteiger partial charge is 0.387 e. The molecule has 118 valence electrons. The molecule has 0 saturated heterocycles. The average molecular weight is 301 g/mol. The highest BCUT2D eigenvalue weighted by Gasteiger charge is 2.11. The van der Waals surface area contributed by atoms with E-state index in [0.717, 1.165) is 16.9 Å². The predicted molar refractivity (Wildman–Crippen MR) is 87.9 cm³/mol. The van der Waals surface area contributed by atoms with Gasteiger partial charge in [0.15, 0.2) is 0 Å². The third kappa shape index (κ3) is 4.11. The number of hydrogen-bond acceptors (Lipinski definition) is 2. The number of hydrogen-bond donors (Lipinski definition) is 3. The summed E-state index contributed by atoms with van der Waals surface area (Å²) < 4.78 is 1.87. The van der Waals surface area contributed by atoms with Gasteiger partial charge in [-0.25, -0.2) is 4.79 Å². The molecule has 0 aliphatic carbocycles. The molecule has 0 aliphatic rings. The molecule has 0 fully saturated rings. The Morgan fingerprint density at radius 2 is 2.05 bits per heavy atom. The second-order valence-corrected chi connectivity index (χ2v) is 5.53. The highest BCUT2D eigenvalue weighted by atomic mass is 16.3. The lowest BCUT2D eigenvalue weighted by Crippen LogP contribution is -2.30. The van der Waals surface area contributed by atoms with Gasteiger partial charge in [0.1, 0.15) is 0 Å². The summed E-state index contributed by atoms with van der Waals surface area (Å²) in [5, 5.41) is 15.6. The van der Waals surface area contributed by atoms with Crippen molar-refractivity contribution in [2.24, 2.45) is 7.05 Å². The molecular formula is C17H23N3O2. The van der Waals surface area contributed by atoms with Crippen molar-refractivity contribution in [3.63, 3.8) is 0 Å². The van der Waals surface area contributed by atoms with Crippen molar-refractivity contribution in [2.75, 3.05) is 11.9 Å². The summed E-state index contributed by atoms with van der Waals surface area (Å²) >= 11 is 0. The molecule has 22 heavy (non-hydrogen) atoms. The number of urea groups is 1. The molecule has 2 amide bonds. The molecular weight excluding hydrogens is 278 g/mol. The van der Waals surface area contributed by atoms with E-state index in [9.17, 15) is 9.90 Å². The van der Waals surface area contributed by atoms with E-state index in [1.54, 1.807) is 0 Å². The van der Waals surface area contributed by atoms with Crippen LogP contribution in [0.1, 0.15) is 29.3 Å². The molecule has 0 spiro atoms. The van der Waals surface area contributed by atoms with Crippen molar-refractivity contribution in [2.45, 2.75) is 26.4 Å². The summed E-state index contributed by atoms with van der Waals surface area (Å²) in [7, 11) is 1.89. The molecule has 0 bridgehead atoms. The molecule has 1 aromatic heterocycles. The number of nitrogens with zero attached hydrogens (tertiary/aromatic N) is 1. The Morgan fingerprint density at radius 3 is 2.68 bits per heavy atom. The van der Waals surface area contributed by atoms with Crippen LogP contribution in [0.3, 0.4) is 0 Å². The van der Waals surface area contributed by atoms with Crippen LogP contribution >= 0.6 is 0 Å². The zero-order valence-electron chi connectivity index (χ0n) is 13.3. The van der Waals surface area contributed by atoms with Crippen molar-refractivity contribution >= 4 is 11.7 Å². The fourth-order valence-corrected chi connectivity index (χ4v) is 2.29. The van der Waals surface area contributed by atoms with Gasteiger partial charge in [0.05, 0.1) is 6.10 Å². The Morgan fingerprint density at radius 1 is 1.27 bits per heavy atom. The minimum atomic E-state index is -0.582. The number of aromatic nitrogens is 1. The summed E-state index contributed by atoms with van der Waals surface area (Å²) in [4.78, 5) is 11.8. The number of aryl methyl sites for hydroxylation is 3. The van der Waals surface area contributed by atoms with E-state index in [1.807, 2.05) is 62.0 Å². The molecule has 3 N–H and O–H groups in total. The van der Waals surface area contributed by atoms with Crippen LogP contribution in [0.25, 0.3) is 0 Å². The topological polar surface area (TPSA) is 66.3 Å². The molecule has 1 unspecified atom stereocenters. The van der Waals surface area contributed by atoms with Crippen LogP contribution in [-0.4, -0.2) is 22.2 Å². The Labute approximate surface area is 131 Å². The highest BCUT2D eigenvalue weighted by molar-refractivity contribution is 5.89. The van der Waals surface area contributed by atoms with Crippen LogP contribution in [0.15, 0.2) is 36.5 Å². The first-order chi connectivity index (χ1) is 10.5. The molecule has 0 radical (unpaired) electrons. The lowest BCUT2D eigenvalue weighted by atomic mass is 10.1. The van der Waals surface area contributed by atoms with E-state index in [1.165, 1.54) is 5.56 Å². The lowest BCUT2D eigenvalue weighted by Gasteiger charge is -2.13. The fraction of sp³-hybridized carbons (Fsp3) is 0.353. The average Bonchev–Trinajstić information content (AvgIpc) is 2.89. The van der Waals surface area contributed by atoms with Crippen LogP contribution in [0.5, 0.6) is 0 Å². The van der Waals surface area contributed by atoms with Crippen LogP contribution in [0.2, 0.25) is 0 Å². The van der Waals surface area contributed by atoms with Crippen molar-refractivity contribution in [1.82, 2.24) is 9.88 Å². The van der Waals surface area contributed by atoms with Gasteiger partial charge in [-0.1, -0.05) is 6.07 Å². The summed E-state index contributed by atoms with van der Waals surface area (Å²) in [6.45, 7) is 4.45. The fourth-order valence-electron chi connectivity index (χ4n) is 2.29. The van der Waals surface area contributed by atoms with Gasteiger partial charge in [-0.15, -0.1) is 0 Å². The number of benzene rings is 1. The van der Waals surface area contributed by atoms with E-state index in [2.05, 4.69) is 10.6 Å². The van der Waals surface area contributed by atoms with Gasteiger partial charge in [-0.3, -0.25) is 0 Å². The molecule has 5 heteroatoms. The SMILES string of the molecule is Cc1ccc(NC(=O)NCCC(O)c2cccn2C)cc1C. The van der Waals surface area contributed by atoms with Gasteiger partial charge in [0.2, 0.25) is 0 Å². The smallest absolute Gasteiger partial charge is 0.319 e. The van der Waals surface area contributed by atoms with Crippen molar-refractivity contribution in [3.8, 4) is 0 Å². The van der Waals surface area contributed by atoms with E-state index in [0.29, 0.717) is 13.0 Å². The van der Waals surface area contributed by atoms with E-state index in [4.69, 9.17) is 0 Å². The first-order valence-electron chi connectivity index (χ1n) is 7.39. The number of aliphatic hydroxyl groups is 1.